The molecule has 0 aliphatic carbocycles. The third-order valence-electron chi connectivity index (χ3n) is 3.20. The number of nitrogens with zero attached hydrogens (tertiary/aromatic N) is 1. The van der Waals surface area contributed by atoms with E-state index in [-0.39, 0.29) is 11.8 Å². The van der Waals surface area contributed by atoms with Gasteiger partial charge in [-0.2, -0.15) is 0 Å². The summed E-state index contributed by atoms with van der Waals surface area (Å²) >= 11 is 6.94. The molecule has 0 radical (unpaired) electrons. The normalized spacial score (nSPS) is 11.8. The van der Waals surface area contributed by atoms with Crippen molar-refractivity contribution in [2.75, 3.05) is 31.3 Å². The van der Waals surface area contributed by atoms with E-state index in [1.807, 2.05) is 37.1 Å². The minimum absolute atomic E-state index is 0.0258. The zero-order chi connectivity index (χ0) is 16.0. The standard InChI is InChI=1S/C15H23N3OS2/c1-5-21-12-8-6-7-11(13(12)14(16)20)18(4)9-10(2)15(19)17-3/h6-8,10H,5,9H2,1-4H3,(H2,16,20)(H,17,19). The highest BCUT2D eigenvalue weighted by atomic mass is 32.2. The second-order valence-electron chi connectivity index (χ2n) is 4.84. The van der Waals surface area contributed by atoms with Gasteiger partial charge < -0.3 is 16.0 Å². The van der Waals surface area contributed by atoms with E-state index < -0.39 is 0 Å². The van der Waals surface area contributed by atoms with Gasteiger partial charge >= 0.3 is 0 Å². The Morgan fingerprint density at radius 3 is 2.71 bits per heavy atom. The maximum atomic E-state index is 11.7. The molecule has 1 atom stereocenters. The quantitative estimate of drug-likeness (QED) is 0.595. The number of hydrogen-bond acceptors (Lipinski definition) is 4. The zero-order valence-electron chi connectivity index (χ0n) is 13.0. The Balaban J connectivity index is 3.08. The highest BCUT2D eigenvalue weighted by Gasteiger charge is 2.18. The summed E-state index contributed by atoms with van der Waals surface area (Å²) in [6, 6.07) is 6.02. The van der Waals surface area contributed by atoms with Gasteiger partial charge in [0.05, 0.1) is 5.92 Å². The minimum Gasteiger partial charge on any atom is -0.389 e. The van der Waals surface area contributed by atoms with Crippen LogP contribution in [0.1, 0.15) is 19.4 Å². The molecular formula is C15H23N3OS2. The Hall–Kier alpha value is -1.27. The van der Waals surface area contributed by atoms with Crippen LogP contribution in [0.4, 0.5) is 5.69 Å². The molecular weight excluding hydrogens is 302 g/mol. The molecule has 3 N–H and O–H groups in total. The predicted molar refractivity (Wildman–Crippen MR) is 95.2 cm³/mol. The van der Waals surface area contributed by atoms with E-state index in [0.717, 1.165) is 21.9 Å². The summed E-state index contributed by atoms with van der Waals surface area (Å²) in [5.74, 6) is 0.872. The first-order valence-electron chi connectivity index (χ1n) is 6.90. The lowest BCUT2D eigenvalue weighted by Crippen LogP contribution is -2.35. The third-order valence-corrected chi connectivity index (χ3v) is 4.35. The van der Waals surface area contributed by atoms with E-state index in [9.17, 15) is 4.79 Å². The molecule has 1 aromatic rings. The van der Waals surface area contributed by atoms with Crippen molar-refractivity contribution in [2.24, 2.45) is 11.7 Å². The number of hydrogen-bond donors (Lipinski definition) is 2. The Morgan fingerprint density at radius 1 is 1.52 bits per heavy atom. The van der Waals surface area contributed by atoms with Gasteiger partial charge in [0.1, 0.15) is 4.99 Å². The molecule has 4 nitrogen and oxygen atoms in total. The molecule has 0 bridgehead atoms. The fraction of sp³-hybridized carbons (Fsp3) is 0.467. The number of thioether (sulfide) groups is 1. The summed E-state index contributed by atoms with van der Waals surface area (Å²) in [5, 5.41) is 2.67. The van der Waals surface area contributed by atoms with Crippen LogP contribution in [0.2, 0.25) is 0 Å². The van der Waals surface area contributed by atoms with Crippen molar-refractivity contribution < 1.29 is 4.79 Å². The second kappa shape index (κ2) is 8.24. The number of nitrogens with one attached hydrogen (secondary N) is 1. The SMILES string of the molecule is CCSc1cccc(N(C)CC(C)C(=O)NC)c1C(N)=S. The molecule has 21 heavy (non-hydrogen) atoms. The number of thiocarbonyl (C=S) groups is 1. The third kappa shape index (κ3) is 4.61. The van der Waals surface area contributed by atoms with Gasteiger partial charge in [-0.1, -0.05) is 32.1 Å². The van der Waals surface area contributed by atoms with E-state index in [1.54, 1.807) is 18.8 Å². The zero-order valence-corrected chi connectivity index (χ0v) is 14.6. The van der Waals surface area contributed by atoms with Gasteiger partial charge in [0.25, 0.3) is 0 Å². The summed E-state index contributed by atoms with van der Waals surface area (Å²) in [4.78, 5) is 15.2. The van der Waals surface area contributed by atoms with E-state index in [1.165, 1.54) is 0 Å². The Kier molecular flexibility index (Phi) is 6.98. The van der Waals surface area contributed by atoms with E-state index in [0.29, 0.717) is 11.5 Å². The van der Waals surface area contributed by atoms with Crippen LogP contribution in [0.25, 0.3) is 0 Å². The maximum Gasteiger partial charge on any atom is 0.224 e. The molecule has 0 saturated carbocycles. The fourth-order valence-corrected chi connectivity index (χ4v) is 3.32. The van der Waals surface area contributed by atoms with E-state index >= 15 is 0 Å². The van der Waals surface area contributed by atoms with E-state index in [4.69, 9.17) is 18.0 Å². The molecule has 0 heterocycles. The number of carbonyl (C=O) groups excluding carboxylic acids is 1. The van der Waals surface area contributed by atoms with Crippen molar-refractivity contribution in [3.63, 3.8) is 0 Å². The molecule has 116 valence electrons. The Labute approximate surface area is 136 Å². The van der Waals surface area contributed by atoms with Gasteiger partial charge in [-0.15, -0.1) is 11.8 Å². The van der Waals surface area contributed by atoms with Crippen LogP contribution in [0.3, 0.4) is 0 Å². The summed E-state index contributed by atoms with van der Waals surface area (Å²) < 4.78 is 0. The first-order valence-corrected chi connectivity index (χ1v) is 8.30. The van der Waals surface area contributed by atoms with Gasteiger partial charge in [0, 0.05) is 36.8 Å². The highest BCUT2D eigenvalue weighted by molar-refractivity contribution is 7.99. The highest BCUT2D eigenvalue weighted by Crippen LogP contribution is 2.30. The molecule has 1 rings (SSSR count). The van der Waals surface area contributed by atoms with E-state index in [2.05, 4.69) is 12.2 Å². The average molecular weight is 326 g/mol. The smallest absolute Gasteiger partial charge is 0.224 e. The molecule has 0 fully saturated rings. The van der Waals surface area contributed by atoms with Gasteiger partial charge in [-0.25, -0.2) is 0 Å². The van der Waals surface area contributed by atoms with Gasteiger partial charge in [-0.3, -0.25) is 4.79 Å². The minimum atomic E-state index is -0.110. The molecule has 0 aliphatic rings. The lowest BCUT2D eigenvalue weighted by atomic mass is 10.1. The molecule has 1 amide bonds. The first kappa shape index (κ1) is 17.8. The van der Waals surface area contributed by atoms with Crippen LogP contribution < -0.4 is 16.0 Å². The summed E-state index contributed by atoms with van der Waals surface area (Å²) in [6.45, 7) is 4.61. The Morgan fingerprint density at radius 2 is 2.19 bits per heavy atom. The molecule has 6 heteroatoms. The summed E-state index contributed by atoms with van der Waals surface area (Å²) in [7, 11) is 3.61. The lowest BCUT2D eigenvalue weighted by molar-refractivity contribution is -0.123. The Bertz CT molecular complexity index is 520. The van der Waals surface area contributed by atoms with Crippen molar-refractivity contribution >= 4 is 40.6 Å². The molecule has 1 aromatic carbocycles. The second-order valence-corrected chi connectivity index (χ2v) is 6.59. The molecule has 0 saturated heterocycles. The molecule has 0 aliphatic heterocycles. The van der Waals surface area contributed by atoms with Gasteiger partial charge in [0.15, 0.2) is 0 Å². The number of benzene rings is 1. The average Bonchev–Trinajstić information content (AvgIpc) is 2.45. The lowest BCUT2D eigenvalue weighted by Gasteiger charge is -2.26. The number of carbonyl (C=O) groups is 1. The van der Waals surface area contributed by atoms with Crippen molar-refractivity contribution in [3.8, 4) is 0 Å². The van der Waals surface area contributed by atoms with Gasteiger partial charge in [-0.05, 0) is 17.9 Å². The molecule has 0 spiro atoms. The molecule has 0 aromatic heterocycles. The van der Waals surface area contributed by atoms with Crippen molar-refractivity contribution in [1.82, 2.24) is 5.32 Å². The topological polar surface area (TPSA) is 58.4 Å². The number of rotatable bonds is 7. The van der Waals surface area contributed by atoms with Crippen LogP contribution in [-0.2, 0) is 4.79 Å². The number of nitrogens with two attached hydrogens (primary N) is 1. The van der Waals surface area contributed by atoms with Crippen LogP contribution in [0.15, 0.2) is 23.1 Å². The number of anilines is 1. The van der Waals surface area contributed by atoms with Crippen LogP contribution in [0.5, 0.6) is 0 Å². The molecule has 1 unspecified atom stereocenters. The maximum absolute atomic E-state index is 11.7. The van der Waals surface area contributed by atoms with Crippen LogP contribution in [-0.4, -0.2) is 37.3 Å². The summed E-state index contributed by atoms with van der Waals surface area (Å²) in [6.07, 6.45) is 0. The fourth-order valence-electron chi connectivity index (χ4n) is 2.20. The number of amides is 1. The van der Waals surface area contributed by atoms with Crippen molar-refractivity contribution in [2.45, 2.75) is 18.7 Å². The van der Waals surface area contributed by atoms with Gasteiger partial charge in [0.2, 0.25) is 5.91 Å². The van der Waals surface area contributed by atoms with Crippen LogP contribution in [0, 0.1) is 5.92 Å². The van der Waals surface area contributed by atoms with Crippen molar-refractivity contribution in [3.05, 3.63) is 23.8 Å². The monoisotopic (exact) mass is 325 g/mol. The van der Waals surface area contributed by atoms with Crippen LogP contribution >= 0.6 is 24.0 Å². The first-order chi connectivity index (χ1) is 9.92. The van der Waals surface area contributed by atoms with Crippen molar-refractivity contribution in [1.29, 1.82) is 0 Å². The summed E-state index contributed by atoms with van der Waals surface area (Å²) in [5.41, 5.74) is 7.78. The predicted octanol–water partition coefficient (Wildman–Crippen LogP) is 2.25. The largest absolute Gasteiger partial charge is 0.389 e.